The number of carbonyl (C=O) groups excluding carboxylic acids is 2. The number of carbonyl (C=O) groups is 3. The minimum absolute atomic E-state index is 0.174. The number of allylic oxidation sites excluding steroid dienone is 14. The van der Waals surface area contributed by atoms with E-state index in [0.29, 0.717) is 17.4 Å². The molecular weight excluding hydrogens is 731 g/mol. The van der Waals surface area contributed by atoms with Gasteiger partial charge in [-0.15, -0.1) is 0 Å². The van der Waals surface area contributed by atoms with Crippen LogP contribution in [-0.4, -0.2) is 87.4 Å². The van der Waals surface area contributed by atoms with Gasteiger partial charge in [0, 0.05) is 12.8 Å². The van der Waals surface area contributed by atoms with E-state index in [9.17, 15) is 19.5 Å². The fourth-order valence-electron chi connectivity index (χ4n) is 5.41. The van der Waals surface area contributed by atoms with Crippen molar-refractivity contribution in [1.29, 1.82) is 0 Å². The third kappa shape index (κ3) is 40.7. The topological polar surface area (TPSA) is 108 Å². The molecule has 2 atom stereocenters. The first-order valence-corrected chi connectivity index (χ1v) is 22.3. The molecule has 0 rings (SSSR count). The van der Waals surface area contributed by atoms with Gasteiger partial charge in [-0.25, -0.2) is 4.79 Å². The second-order valence-corrected chi connectivity index (χ2v) is 15.6. The number of ether oxygens (including phenoxy) is 4. The fourth-order valence-corrected chi connectivity index (χ4v) is 5.41. The largest absolute Gasteiger partial charge is 0.477 e. The maximum atomic E-state index is 12.8. The van der Waals surface area contributed by atoms with Crippen molar-refractivity contribution >= 4 is 17.9 Å². The van der Waals surface area contributed by atoms with Crippen molar-refractivity contribution in [2.24, 2.45) is 0 Å². The minimum Gasteiger partial charge on any atom is -0.477 e. The molecule has 0 aliphatic heterocycles. The Balaban J connectivity index is 4.56. The number of hydrogen-bond acceptors (Lipinski definition) is 7. The Morgan fingerprint density at radius 2 is 0.983 bits per heavy atom. The van der Waals surface area contributed by atoms with Gasteiger partial charge in [0.25, 0.3) is 6.29 Å². The Hall–Kier alpha value is -3.53. The van der Waals surface area contributed by atoms with Crippen molar-refractivity contribution in [2.45, 2.75) is 161 Å². The summed E-state index contributed by atoms with van der Waals surface area (Å²) in [5.74, 6) is -2.09. The van der Waals surface area contributed by atoms with Crippen LogP contribution in [-0.2, 0) is 33.3 Å². The van der Waals surface area contributed by atoms with Gasteiger partial charge in [-0.2, -0.15) is 0 Å². The molecule has 0 aromatic heterocycles. The lowest BCUT2D eigenvalue weighted by Crippen LogP contribution is -2.40. The molecule has 0 aromatic rings. The number of esters is 2. The standard InChI is InChI=1S/C49H81NO8/c1-6-8-10-12-14-16-18-20-22-23-24-25-26-28-30-32-34-36-38-40-47(52)58-45(44-57-49(48(53)54)55-42-41-50(3,4)5)43-56-46(51)39-37-35-33-31-29-27-21-19-17-15-13-11-9-7-2/h8,10,13-16,19-22,24-25,28,30,45,49H,6-7,9,11-12,17-18,23,26-27,29,31-44H2,1-5H3/p+1/b10-8-,15-13-,16-14-,21-19-,22-20-,25-24-,30-28-. The third-order valence-corrected chi connectivity index (χ3v) is 8.89. The van der Waals surface area contributed by atoms with E-state index in [1.54, 1.807) is 0 Å². The summed E-state index contributed by atoms with van der Waals surface area (Å²) in [7, 11) is 5.93. The smallest absolute Gasteiger partial charge is 0.361 e. The zero-order chi connectivity index (χ0) is 42.8. The second-order valence-electron chi connectivity index (χ2n) is 15.6. The highest BCUT2D eigenvalue weighted by Crippen LogP contribution is 2.11. The highest BCUT2D eigenvalue weighted by molar-refractivity contribution is 5.71. The van der Waals surface area contributed by atoms with Crippen molar-refractivity contribution < 1.29 is 42.9 Å². The summed E-state index contributed by atoms with van der Waals surface area (Å²) in [6.45, 7) is 4.63. The van der Waals surface area contributed by atoms with Crippen LogP contribution in [0.4, 0.5) is 0 Å². The molecule has 58 heavy (non-hydrogen) atoms. The molecule has 0 spiro atoms. The van der Waals surface area contributed by atoms with Gasteiger partial charge in [-0.1, -0.05) is 137 Å². The highest BCUT2D eigenvalue weighted by Gasteiger charge is 2.25. The first kappa shape index (κ1) is 54.5. The molecule has 0 aliphatic rings. The predicted octanol–water partition coefficient (Wildman–Crippen LogP) is 11.7. The van der Waals surface area contributed by atoms with E-state index in [2.05, 4.69) is 98.9 Å². The van der Waals surface area contributed by atoms with Crippen LogP contribution in [0.15, 0.2) is 85.1 Å². The van der Waals surface area contributed by atoms with Gasteiger partial charge >= 0.3 is 17.9 Å². The molecule has 0 saturated carbocycles. The average Bonchev–Trinajstić information content (AvgIpc) is 3.18. The number of aliphatic carboxylic acids is 1. The Bertz CT molecular complexity index is 1220. The summed E-state index contributed by atoms with van der Waals surface area (Å²) >= 11 is 0. The fraction of sp³-hybridized carbons (Fsp3) is 0.653. The summed E-state index contributed by atoms with van der Waals surface area (Å²) in [5, 5.41) is 9.63. The highest BCUT2D eigenvalue weighted by atomic mass is 16.7. The SMILES string of the molecule is CC/C=C\C/C=C\C/C=C\C/C=C\C/C=C\CCCCCC(=O)OC(COC(=O)CCCCCCC/C=C\C/C=C\CCCC)COC(OCC[N+](C)(C)C)C(=O)O. The number of hydrogen-bond donors (Lipinski definition) is 1. The first-order chi connectivity index (χ1) is 28.1. The summed E-state index contributed by atoms with van der Waals surface area (Å²) in [4.78, 5) is 37.1. The van der Waals surface area contributed by atoms with E-state index < -0.39 is 24.3 Å². The van der Waals surface area contributed by atoms with Crippen LogP contribution < -0.4 is 0 Å². The Morgan fingerprint density at radius 1 is 0.534 bits per heavy atom. The first-order valence-electron chi connectivity index (χ1n) is 22.3. The molecule has 0 aromatic carbocycles. The van der Waals surface area contributed by atoms with Gasteiger partial charge in [-0.3, -0.25) is 9.59 Å². The zero-order valence-electron chi connectivity index (χ0n) is 37.2. The minimum atomic E-state index is -1.53. The quantitative estimate of drug-likeness (QED) is 0.0215. The lowest BCUT2D eigenvalue weighted by Gasteiger charge is -2.25. The molecule has 330 valence electrons. The molecule has 0 amide bonds. The molecule has 0 heterocycles. The number of likely N-dealkylation sites (N-methyl/N-ethyl adjacent to an activating group) is 1. The van der Waals surface area contributed by atoms with Gasteiger partial charge in [0.1, 0.15) is 13.2 Å². The molecule has 9 heteroatoms. The number of quaternary nitrogens is 1. The normalized spacial score (nSPS) is 13.7. The molecule has 0 saturated heterocycles. The van der Waals surface area contributed by atoms with Gasteiger partial charge in [0.15, 0.2) is 6.10 Å². The van der Waals surface area contributed by atoms with Crippen LogP contribution in [0.2, 0.25) is 0 Å². The number of carboxylic acids is 1. The molecular formula is C49H82NO8+. The second kappa shape index (κ2) is 40.3. The molecule has 0 radical (unpaired) electrons. The lowest BCUT2D eigenvalue weighted by molar-refractivity contribution is -0.870. The Morgan fingerprint density at radius 3 is 1.48 bits per heavy atom. The number of carboxylic acid groups (broad SMARTS) is 1. The van der Waals surface area contributed by atoms with Crippen LogP contribution in [0.5, 0.6) is 0 Å². The van der Waals surface area contributed by atoms with Crippen molar-refractivity contribution in [3.63, 3.8) is 0 Å². The monoisotopic (exact) mass is 813 g/mol. The Labute approximate surface area is 353 Å². The summed E-state index contributed by atoms with van der Waals surface area (Å²) in [6.07, 6.45) is 47.8. The molecule has 1 N–H and O–H groups in total. The van der Waals surface area contributed by atoms with E-state index in [1.807, 2.05) is 21.1 Å². The van der Waals surface area contributed by atoms with Crippen LogP contribution >= 0.6 is 0 Å². The van der Waals surface area contributed by atoms with E-state index in [1.165, 1.54) is 12.8 Å². The summed E-state index contributed by atoms with van der Waals surface area (Å²) in [5.41, 5.74) is 0. The van der Waals surface area contributed by atoms with E-state index >= 15 is 0 Å². The van der Waals surface area contributed by atoms with Crippen LogP contribution in [0, 0.1) is 0 Å². The van der Waals surface area contributed by atoms with Crippen molar-refractivity contribution in [1.82, 2.24) is 0 Å². The van der Waals surface area contributed by atoms with Crippen molar-refractivity contribution in [3.05, 3.63) is 85.1 Å². The average molecular weight is 813 g/mol. The predicted molar refractivity (Wildman–Crippen MR) is 239 cm³/mol. The van der Waals surface area contributed by atoms with Crippen LogP contribution in [0.3, 0.4) is 0 Å². The zero-order valence-corrected chi connectivity index (χ0v) is 37.2. The molecule has 0 bridgehead atoms. The molecule has 9 nitrogen and oxygen atoms in total. The lowest BCUT2D eigenvalue weighted by atomic mass is 10.1. The van der Waals surface area contributed by atoms with Gasteiger partial charge in [0.05, 0.1) is 34.4 Å². The Kier molecular flexibility index (Phi) is 37.8. The van der Waals surface area contributed by atoms with Crippen LogP contribution in [0.1, 0.15) is 149 Å². The number of nitrogens with zero attached hydrogens (tertiary/aromatic N) is 1. The maximum absolute atomic E-state index is 12.8. The third-order valence-electron chi connectivity index (χ3n) is 8.89. The van der Waals surface area contributed by atoms with E-state index in [4.69, 9.17) is 18.9 Å². The molecule has 0 fully saturated rings. The number of unbranched alkanes of at least 4 members (excludes halogenated alkanes) is 10. The maximum Gasteiger partial charge on any atom is 0.361 e. The van der Waals surface area contributed by atoms with Crippen LogP contribution in [0.25, 0.3) is 0 Å². The molecule has 2 unspecified atom stereocenters. The van der Waals surface area contributed by atoms with Gasteiger partial charge in [0.2, 0.25) is 0 Å². The summed E-state index contributed by atoms with van der Waals surface area (Å²) < 4.78 is 22.7. The number of rotatable bonds is 39. The van der Waals surface area contributed by atoms with Crippen molar-refractivity contribution in [3.8, 4) is 0 Å². The molecule has 0 aliphatic carbocycles. The van der Waals surface area contributed by atoms with Gasteiger partial charge < -0.3 is 28.5 Å². The van der Waals surface area contributed by atoms with Gasteiger partial charge in [-0.05, 0) is 83.5 Å². The summed E-state index contributed by atoms with van der Waals surface area (Å²) in [6, 6.07) is 0. The van der Waals surface area contributed by atoms with Crippen molar-refractivity contribution in [2.75, 3.05) is 47.5 Å². The van der Waals surface area contributed by atoms with E-state index in [-0.39, 0.29) is 38.6 Å². The van der Waals surface area contributed by atoms with E-state index in [0.717, 1.165) is 103 Å².